The van der Waals surface area contributed by atoms with Crippen molar-refractivity contribution in [1.82, 2.24) is 0 Å². The number of hydrogen-bond acceptors (Lipinski definition) is 5. The second-order valence-corrected chi connectivity index (χ2v) is 6.65. The highest BCUT2D eigenvalue weighted by Gasteiger charge is 2.39. The summed E-state index contributed by atoms with van der Waals surface area (Å²) in [7, 11) is 3.05. The van der Waals surface area contributed by atoms with Crippen LogP contribution in [0.3, 0.4) is 0 Å². The molecule has 6 heteroatoms. The Labute approximate surface area is 152 Å². The Morgan fingerprint density at radius 3 is 2.54 bits per heavy atom. The van der Waals surface area contributed by atoms with Gasteiger partial charge in [0.2, 0.25) is 0 Å². The number of nitrogens with zero attached hydrogens (tertiary/aromatic N) is 1. The van der Waals surface area contributed by atoms with E-state index in [4.69, 9.17) is 9.47 Å². The van der Waals surface area contributed by atoms with Crippen LogP contribution in [-0.4, -0.2) is 38.0 Å². The summed E-state index contributed by atoms with van der Waals surface area (Å²) in [5.41, 5.74) is 1.14. The second-order valence-electron chi connectivity index (χ2n) is 6.65. The highest BCUT2D eigenvalue weighted by Crippen LogP contribution is 2.35. The molecule has 1 aliphatic rings. The van der Waals surface area contributed by atoms with Gasteiger partial charge in [-0.1, -0.05) is 12.1 Å². The number of methoxy groups -OCH3 is 2. The van der Waals surface area contributed by atoms with Crippen LogP contribution in [0.5, 0.6) is 11.5 Å². The molecule has 1 heterocycles. The summed E-state index contributed by atoms with van der Waals surface area (Å²) in [6.45, 7) is 3.54. The molecule has 2 aromatic carbocycles. The van der Waals surface area contributed by atoms with E-state index in [1.807, 2.05) is 24.3 Å². The summed E-state index contributed by atoms with van der Waals surface area (Å²) in [5.74, 6) is 0.662. The number of nitrogens with one attached hydrogen (secondary N) is 1. The first-order valence-electron chi connectivity index (χ1n) is 8.32. The first-order valence-corrected chi connectivity index (χ1v) is 8.32. The standard InChI is InChI=1S/C20H22N2O4/c1-20(2)19(24)22(16-8-6-5-7-15(16)21-20)12-17(23)14-10-9-13(25-3)11-18(14)26-4/h5-11,21H,12H2,1-4H3. The van der Waals surface area contributed by atoms with Gasteiger partial charge >= 0.3 is 0 Å². The number of benzene rings is 2. The molecule has 26 heavy (non-hydrogen) atoms. The number of amides is 1. The largest absolute Gasteiger partial charge is 0.497 e. The molecule has 136 valence electrons. The van der Waals surface area contributed by atoms with Crippen LogP contribution in [-0.2, 0) is 4.79 Å². The number of ketones is 1. The number of para-hydroxylation sites is 2. The van der Waals surface area contributed by atoms with E-state index < -0.39 is 5.54 Å². The number of hydrogen-bond donors (Lipinski definition) is 1. The molecule has 0 aromatic heterocycles. The van der Waals surface area contributed by atoms with Gasteiger partial charge in [0.05, 0.1) is 37.7 Å². The van der Waals surface area contributed by atoms with Crippen LogP contribution in [0, 0.1) is 0 Å². The van der Waals surface area contributed by atoms with E-state index in [-0.39, 0.29) is 18.2 Å². The minimum Gasteiger partial charge on any atom is -0.497 e. The SMILES string of the molecule is COc1ccc(C(=O)CN2C(=O)C(C)(C)Nc3ccccc32)c(OC)c1. The summed E-state index contributed by atoms with van der Waals surface area (Å²) in [6.07, 6.45) is 0. The molecule has 6 nitrogen and oxygen atoms in total. The normalized spacial score (nSPS) is 15.1. The van der Waals surface area contributed by atoms with E-state index in [9.17, 15) is 9.59 Å². The van der Waals surface area contributed by atoms with Gasteiger partial charge in [-0.2, -0.15) is 0 Å². The van der Waals surface area contributed by atoms with Crippen LogP contribution in [0.1, 0.15) is 24.2 Å². The van der Waals surface area contributed by atoms with E-state index in [0.717, 1.165) is 5.69 Å². The summed E-state index contributed by atoms with van der Waals surface area (Å²) >= 11 is 0. The van der Waals surface area contributed by atoms with E-state index in [0.29, 0.717) is 22.7 Å². The van der Waals surface area contributed by atoms with Crippen molar-refractivity contribution in [3.63, 3.8) is 0 Å². The van der Waals surface area contributed by atoms with E-state index >= 15 is 0 Å². The van der Waals surface area contributed by atoms with Crippen molar-refractivity contribution in [2.24, 2.45) is 0 Å². The fourth-order valence-corrected chi connectivity index (χ4v) is 3.07. The number of rotatable bonds is 5. The molecule has 1 aliphatic heterocycles. The predicted octanol–water partition coefficient (Wildman–Crippen LogP) is 3.12. The fourth-order valence-electron chi connectivity index (χ4n) is 3.07. The van der Waals surface area contributed by atoms with Gasteiger partial charge in [-0.15, -0.1) is 0 Å². The minimum atomic E-state index is -0.793. The molecule has 1 amide bonds. The molecule has 0 saturated carbocycles. The van der Waals surface area contributed by atoms with E-state index in [1.165, 1.54) is 12.0 Å². The summed E-state index contributed by atoms with van der Waals surface area (Å²) < 4.78 is 10.5. The van der Waals surface area contributed by atoms with Crippen LogP contribution >= 0.6 is 0 Å². The van der Waals surface area contributed by atoms with Gasteiger partial charge in [-0.05, 0) is 38.1 Å². The fraction of sp³-hybridized carbons (Fsp3) is 0.300. The Morgan fingerprint density at radius 2 is 1.85 bits per heavy atom. The molecule has 2 aromatic rings. The summed E-state index contributed by atoms with van der Waals surface area (Å²) in [6, 6.07) is 12.5. The Morgan fingerprint density at radius 1 is 1.12 bits per heavy atom. The molecule has 0 bridgehead atoms. The molecule has 0 unspecified atom stereocenters. The number of fused-ring (bicyclic) bond motifs is 1. The molecule has 0 fully saturated rings. The maximum absolute atomic E-state index is 12.9. The van der Waals surface area contributed by atoms with E-state index in [1.54, 1.807) is 39.2 Å². The average Bonchev–Trinajstić information content (AvgIpc) is 2.64. The molecule has 0 aliphatic carbocycles. The second kappa shape index (κ2) is 6.71. The Hall–Kier alpha value is -3.02. The van der Waals surface area contributed by atoms with Gasteiger partial charge in [0.25, 0.3) is 5.91 Å². The first-order chi connectivity index (χ1) is 12.4. The number of Topliss-reactive ketones (excluding diaryl/α,β-unsaturated/α-hetero) is 1. The summed E-state index contributed by atoms with van der Waals surface area (Å²) in [4.78, 5) is 27.3. The average molecular weight is 354 g/mol. The van der Waals surface area contributed by atoms with Gasteiger partial charge < -0.3 is 19.7 Å². The molecule has 0 saturated heterocycles. The molecular formula is C20H22N2O4. The zero-order valence-electron chi connectivity index (χ0n) is 15.3. The lowest BCUT2D eigenvalue weighted by molar-refractivity contribution is -0.122. The lowest BCUT2D eigenvalue weighted by Gasteiger charge is -2.39. The number of carbonyl (C=O) groups excluding carboxylic acids is 2. The lowest BCUT2D eigenvalue weighted by Crippen LogP contribution is -2.55. The third-order valence-electron chi connectivity index (χ3n) is 4.43. The van der Waals surface area contributed by atoms with Gasteiger partial charge in [-0.3, -0.25) is 9.59 Å². The monoisotopic (exact) mass is 354 g/mol. The van der Waals surface area contributed by atoms with Gasteiger partial charge in [-0.25, -0.2) is 0 Å². The van der Waals surface area contributed by atoms with Crippen LogP contribution in [0.15, 0.2) is 42.5 Å². The summed E-state index contributed by atoms with van der Waals surface area (Å²) in [5, 5.41) is 3.22. The van der Waals surface area contributed by atoms with Crippen molar-refractivity contribution >= 4 is 23.1 Å². The Kier molecular flexibility index (Phi) is 4.59. The number of ether oxygens (including phenoxy) is 2. The molecular weight excluding hydrogens is 332 g/mol. The minimum absolute atomic E-state index is 0.0658. The molecule has 1 N–H and O–H groups in total. The highest BCUT2D eigenvalue weighted by atomic mass is 16.5. The molecule has 0 spiro atoms. The molecule has 0 radical (unpaired) electrons. The van der Waals surface area contributed by atoms with Gasteiger partial charge in [0, 0.05) is 6.07 Å². The van der Waals surface area contributed by atoms with Crippen molar-refractivity contribution in [3.05, 3.63) is 48.0 Å². The predicted molar refractivity (Wildman–Crippen MR) is 100 cm³/mol. The quantitative estimate of drug-likeness (QED) is 0.836. The van der Waals surface area contributed by atoms with Crippen LogP contribution in [0.2, 0.25) is 0 Å². The number of anilines is 2. The van der Waals surface area contributed by atoms with Crippen molar-refractivity contribution in [2.45, 2.75) is 19.4 Å². The topological polar surface area (TPSA) is 67.9 Å². The van der Waals surface area contributed by atoms with Crippen molar-refractivity contribution in [3.8, 4) is 11.5 Å². The number of carbonyl (C=O) groups is 2. The van der Waals surface area contributed by atoms with Crippen LogP contribution in [0.25, 0.3) is 0 Å². The smallest absolute Gasteiger partial charge is 0.252 e. The van der Waals surface area contributed by atoms with Crippen LogP contribution in [0.4, 0.5) is 11.4 Å². The molecule has 0 atom stereocenters. The Balaban J connectivity index is 1.95. The van der Waals surface area contributed by atoms with Gasteiger partial charge in [0.15, 0.2) is 5.78 Å². The zero-order valence-corrected chi connectivity index (χ0v) is 15.3. The van der Waals surface area contributed by atoms with Gasteiger partial charge in [0.1, 0.15) is 17.0 Å². The Bertz CT molecular complexity index is 861. The van der Waals surface area contributed by atoms with Crippen molar-refractivity contribution in [2.75, 3.05) is 31.0 Å². The lowest BCUT2D eigenvalue weighted by atomic mass is 9.97. The zero-order chi connectivity index (χ0) is 18.9. The van der Waals surface area contributed by atoms with Crippen molar-refractivity contribution in [1.29, 1.82) is 0 Å². The van der Waals surface area contributed by atoms with Crippen LogP contribution < -0.4 is 19.7 Å². The third kappa shape index (κ3) is 3.10. The van der Waals surface area contributed by atoms with E-state index in [2.05, 4.69) is 5.32 Å². The molecule has 3 rings (SSSR count). The first kappa shape index (κ1) is 17.8. The maximum atomic E-state index is 12.9. The maximum Gasteiger partial charge on any atom is 0.252 e. The third-order valence-corrected chi connectivity index (χ3v) is 4.43. The van der Waals surface area contributed by atoms with Crippen molar-refractivity contribution < 1.29 is 19.1 Å². The highest BCUT2D eigenvalue weighted by molar-refractivity contribution is 6.13.